The molecule has 0 unspecified atom stereocenters. The van der Waals surface area contributed by atoms with Crippen LogP contribution in [0.4, 0.5) is 79.0 Å². The molecule has 166 valence electrons. The lowest BCUT2D eigenvalue weighted by molar-refractivity contribution is -0.409. The molecule has 0 saturated carbocycles. The summed E-state index contributed by atoms with van der Waals surface area (Å²) < 4.78 is 224. The van der Waals surface area contributed by atoms with Crippen molar-refractivity contribution in [2.24, 2.45) is 10.8 Å². The molecule has 0 radical (unpaired) electrons. The van der Waals surface area contributed by atoms with E-state index in [-0.39, 0.29) is 0 Å². The summed E-state index contributed by atoms with van der Waals surface area (Å²) in [6.45, 7) is 0. The molecule has 0 aromatic carbocycles. The summed E-state index contributed by atoms with van der Waals surface area (Å²) in [7, 11) is 0. The van der Waals surface area contributed by atoms with Gasteiger partial charge in [0.1, 0.15) is 0 Å². The van der Waals surface area contributed by atoms with Crippen LogP contribution in [0.15, 0.2) is 0 Å². The predicted molar refractivity (Wildman–Crippen MR) is 49.0 cm³/mol. The third-order valence-electron chi connectivity index (χ3n) is 2.99. The largest absolute Gasteiger partial charge is 0.423 e. The van der Waals surface area contributed by atoms with Crippen molar-refractivity contribution < 1.29 is 79.0 Å². The number of hydrogen-bond acceptors (Lipinski definition) is 0. The SMILES string of the molecule is FC(F)(F)C(C#CC(C(F)(F)F)(C(F)(F)F)C(F)(F)F)(C(F)(F)F)C(F)(F)F. The Hall–Kier alpha value is -1.70. The Labute approximate surface area is 140 Å². The molecule has 18 heteroatoms. The minimum absolute atomic E-state index is 1.47. The second kappa shape index (κ2) is 6.40. The minimum Gasteiger partial charge on any atom is -0.168 e. The number of rotatable bonds is 0. The lowest BCUT2D eigenvalue weighted by Gasteiger charge is -2.37. The van der Waals surface area contributed by atoms with Gasteiger partial charge >= 0.3 is 47.9 Å². The molecular formula is C10F18. The van der Waals surface area contributed by atoms with Crippen LogP contribution in [0.1, 0.15) is 0 Å². The summed E-state index contributed by atoms with van der Waals surface area (Å²) in [4.78, 5) is 0. The summed E-state index contributed by atoms with van der Waals surface area (Å²) in [5.74, 6) is -2.94. The molecule has 0 atom stereocenters. The van der Waals surface area contributed by atoms with Gasteiger partial charge in [0, 0.05) is 0 Å². The minimum atomic E-state index is -7.80. The van der Waals surface area contributed by atoms with Crippen LogP contribution in [0.3, 0.4) is 0 Å². The van der Waals surface area contributed by atoms with Crippen LogP contribution in [-0.4, -0.2) is 37.1 Å². The topological polar surface area (TPSA) is 0 Å². The molecule has 0 heterocycles. The molecule has 0 saturated heterocycles. The zero-order valence-electron chi connectivity index (χ0n) is 11.8. The fraction of sp³-hybridized carbons (Fsp3) is 0.800. The number of halogens is 18. The molecule has 28 heavy (non-hydrogen) atoms. The van der Waals surface area contributed by atoms with E-state index in [9.17, 15) is 79.0 Å². The van der Waals surface area contributed by atoms with Gasteiger partial charge in [-0.05, 0) is 0 Å². The van der Waals surface area contributed by atoms with Crippen molar-refractivity contribution in [2.45, 2.75) is 37.1 Å². The first kappa shape index (κ1) is 26.3. The van der Waals surface area contributed by atoms with Gasteiger partial charge in [0.05, 0.1) is 0 Å². The highest BCUT2D eigenvalue weighted by molar-refractivity contribution is 5.30. The van der Waals surface area contributed by atoms with E-state index in [1.807, 2.05) is 0 Å². The summed E-state index contributed by atoms with van der Waals surface area (Å²) in [5.41, 5.74) is -15.3. The maximum absolute atomic E-state index is 12.4. The van der Waals surface area contributed by atoms with Crippen molar-refractivity contribution in [3.8, 4) is 11.8 Å². The van der Waals surface area contributed by atoms with Crippen molar-refractivity contribution >= 4 is 0 Å². The molecule has 0 amide bonds. The van der Waals surface area contributed by atoms with Crippen LogP contribution in [0.25, 0.3) is 0 Å². The molecule has 0 aliphatic carbocycles. The van der Waals surface area contributed by atoms with E-state index in [2.05, 4.69) is 0 Å². The van der Waals surface area contributed by atoms with Crippen molar-refractivity contribution in [2.75, 3.05) is 0 Å². The molecular weight excluding hydrogens is 462 g/mol. The van der Waals surface area contributed by atoms with E-state index in [1.54, 1.807) is 0 Å². The van der Waals surface area contributed by atoms with Gasteiger partial charge in [-0.1, -0.05) is 11.8 Å². The Bertz CT molecular complexity index is 490. The Morgan fingerprint density at radius 1 is 0.250 bits per heavy atom. The first-order chi connectivity index (χ1) is 11.7. The third kappa shape index (κ3) is 3.75. The van der Waals surface area contributed by atoms with E-state index in [0.717, 1.165) is 0 Å². The predicted octanol–water partition coefficient (Wildman–Crippen LogP) is 6.34. The van der Waals surface area contributed by atoms with Gasteiger partial charge in [-0.25, -0.2) is 0 Å². The van der Waals surface area contributed by atoms with Crippen molar-refractivity contribution in [3.05, 3.63) is 0 Å². The summed E-state index contributed by atoms with van der Waals surface area (Å²) in [6, 6.07) is 0. The fourth-order valence-corrected chi connectivity index (χ4v) is 1.58. The van der Waals surface area contributed by atoms with Crippen LogP contribution in [0.5, 0.6) is 0 Å². The number of hydrogen-bond donors (Lipinski definition) is 0. The van der Waals surface area contributed by atoms with Gasteiger partial charge in [0.15, 0.2) is 0 Å². The first-order valence-electron chi connectivity index (χ1n) is 5.65. The molecule has 0 nitrogen and oxygen atoms in total. The maximum Gasteiger partial charge on any atom is 0.423 e. The quantitative estimate of drug-likeness (QED) is 0.292. The Balaban J connectivity index is 7.58. The van der Waals surface area contributed by atoms with Crippen LogP contribution >= 0.6 is 0 Å². The summed E-state index contributed by atoms with van der Waals surface area (Å²) in [5, 5.41) is 0. The van der Waals surface area contributed by atoms with E-state index in [1.165, 1.54) is 0 Å². The highest BCUT2D eigenvalue weighted by Gasteiger charge is 2.86. The molecule has 0 N–H and O–H groups in total. The molecule has 0 aliphatic rings. The van der Waals surface area contributed by atoms with Gasteiger partial charge in [-0.15, -0.1) is 0 Å². The third-order valence-corrected chi connectivity index (χ3v) is 2.99. The van der Waals surface area contributed by atoms with Gasteiger partial charge in [0.2, 0.25) is 0 Å². The second-order valence-corrected chi connectivity index (χ2v) is 4.74. The molecule has 0 fully saturated rings. The summed E-state index contributed by atoms with van der Waals surface area (Å²) in [6.07, 6.45) is -46.8. The fourth-order valence-electron chi connectivity index (χ4n) is 1.58. The standard InChI is InChI=1S/C10F18/c11-5(12,13)3(6(14,15)16,7(17,18)19)1-2-4(8(20,21)22,9(23,24)25)10(26,27)28. The maximum atomic E-state index is 12.4. The zero-order valence-corrected chi connectivity index (χ0v) is 11.8. The van der Waals surface area contributed by atoms with Crippen molar-refractivity contribution in [1.82, 2.24) is 0 Å². The Kier molecular flexibility index (Phi) is 6.02. The molecule has 0 bridgehead atoms. The monoisotopic (exact) mass is 462 g/mol. The molecule has 0 aromatic heterocycles. The lowest BCUT2D eigenvalue weighted by atomic mass is 9.80. The lowest BCUT2D eigenvalue weighted by Crippen LogP contribution is -2.61. The van der Waals surface area contributed by atoms with Crippen molar-refractivity contribution in [1.29, 1.82) is 0 Å². The van der Waals surface area contributed by atoms with Crippen molar-refractivity contribution in [3.63, 3.8) is 0 Å². The highest BCUT2D eigenvalue weighted by atomic mass is 19.4. The average Bonchev–Trinajstić information content (AvgIpc) is 2.23. The van der Waals surface area contributed by atoms with Crippen LogP contribution < -0.4 is 0 Å². The molecule has 0 spiro atoms. The Morgan fingerprint density at radius 3 is 0.429 bits per heavy atom. The van der Waals surface area contributed by atoms with Gasteiger partial charge in [0.25, 0.3) is 0 Å². The highest BCUT2D eigenvalue weighted by Crippen LogP contribution is 2.62. The molecule has 0 aliphatic heterocycles. The van der Waals surface area contributed by atoms with E-state index in [4.69, 9.17) is 0 Å². The van der Waals surface area contributed by atoms with Crippen LogP contribution in [-0.2, 0) is 0 Å². The van der Waals surface area contributed by atoms with Gasteiger partial charge < -0.3 is 0 Å². The van der Waals surface area contributed by atoms with Crippen LogP contribution in [0, 0.1) is 22.7 Å². The zero-order chi connectivity index (χ0) is 23.4. The van der Waals surface area contributed by atoms with Crippen LogP contribution in [0.2, 0.25) is 0 Å². The second-order valence-electron chi connectivity index (χ2n) is 4.74. The van der Waals surface area contributed by atoms with Gasteiger partial charge in [-0.2, -0.15) is 79.0 Å². The Morgan fingerprint density at radius 2 is 0.357 bits per heavy atom. The van der Waals surface area contributed by atoms with E-state index < -0.39 is 59.7 Å². The smallest absolute Gasteiger partial charge is 0.168 e. The normalized spacial score (nSPS) is 15.9. The average molecular weight is 462 g/mol. The molecule has 0 aromatic rings. The van der Waals surface area contributed by atoms with E-state index >= 15 is 0 Å². The van der Waals surface area contributed by atoms with E-state index in [0.29, 0.717) is 0 Å². The van der Waals surface area contributed by atoms with Gasteiger partial charge in [-0.3, -0.25) is 0 Å². The summed E-state index contributed by atoms with van der Waals surface area (Å²) >= 11 is 0. The number of alkyl halides is 18. The first-order valence-corrected chi connectivity index (χ1v) is 5.65. The molecule has 0 rings (SSSR count).